The molecule has 7 heteroatoms. The summed E-state index contributed by atoms with van der Waals surface area (Å²) >= 11 is 0. The molecule has 0 atom stereocenters. The van der Waals surface area contributed by atoms with Gasteiger partial charge < -0.3 is 24.1 Å². The van der Waals surface area contributed by atoms with E-state index in [-0.39, 0.29) is 5.69 Å². The summed E-state index contributed by atoms with van der Waals surface area (Å²) in [5, 5.41) is 11.8. The Morgan fingerprint density at radius 2 is 1.68 bits per heavy atom. The van der Waals surface area contributed by atoms with Gasteiger partial charge in [-0.15, -0.1) is 0 Å². The van der Waals surface area contributed by atoms with Gasteiger partial charge in [0.05, 0.1) is 32.8 Å². The first kappa shape index (κ1) is 14.0. The van der Waals surface area contributed by atoms with Crippen molar-refractivity contribution in [3.05, 3.63) is 30.1 Å². The SMILES string of the molecule is COc1cc2c(OC)cc3nc(C(=O)[O-])cn3c2cc1OC. The van der Waals surface area contributed by atoms with Gasteiger partial charge in [-0.2, -0.15) is 0 Å². The van der Waals surface area contributed by atoms with E-state index in [2.05, 4.69) is 4.98 Å². The van der Waals surface area contributed by atoms with Gasteiger partial charge in [0, 0.05) is 23.7 Å². The molecule has 0 aliphatic heterocycles. The van der Waals surface area contributed by atoms with E-state index in [4.69, 9.17) is 14.2 Å². The molecule has 114 valence electrons. The van der Waals surface area contributed by atoms with E-state index in [1.54, 1.807) is 29.7 Å². The molecule has 0 unspecified atom stereocenters. The van der Waals surface area contributed by atoms with Crippen LogP contribution in [0.25, 0.3) is 16.6 Å². The standard InChI is InChI=1S/C15H14N2O5/c1-20-11-6-14-16-9(15(18)19)7-17(14)10-5-13(22-3)12(21-2)4-8(10)11/h4-7H,1-3H3,(H,18,19)/p-1. The molecule has 7 nitrogen and oxygen atoms in total. The molecule has 0 saturated carbocycles. The number of nitrogens with zero attached hydrogens (tertiary/aromatic N) is 2. The molecule has 0 bridgehead atoms. The first-order valence-electron chi connectivity index (χ1n) is 6.42. The van der Waals surface area contributed by atoms with Gasteiger partial charge in [-0.05, 0) is 6.07 Å². The molecule has 1 aromatic carbocycles. The Morgan fingerprint density at radius 3 is 2.27 bits per heavy atom. The summed E-state index contributed by atoms with van der Waals surface area (Å²) in [6.07, 6.45) is 1.40. The number of fused-ring (bicyclic) bond motifs is 3. The fourth-order valence-electron chi connectivity index (χ4n) is 2.42. The van der Waals surface area contributed by atoms with Crippen molar-refractivity contribution in [2.75, 3.05) is 21.3 Å². The fourth-order valence-corrected chi connectivity index (χ4v) is 2.42. The third kappa shape index (κ3) is 1.98. The Labute approximate surface area is 125 Å². The van der Waals surface area contributed by atoms with E-state index < -0.39 is 5.97 Å². The first-order valence-corrected chi connectivity index (χ1v) is 6.42. The average molecular weight is 301 g/mol. The van der Waals surface area contributed by atoms with Gasteiger partial charge in [0.25, 0.3) is 0 Å². The molecule has 0 spiro atoms. The molecule has 0 saturated heterocycles. The number of hydrogen-bond acceptors (Lipinski definition) is 6. The molecule has 2 heterocycles. The lowest BCUT2D eigenvalue weighted by molar-refractivity contribution is -0.255. The predicted molar refractivity (Wildman–Crippen MR) is 76.7 cm³/mol. The highest BCUT2D eigenvalue weighted by atomic mass is 16.5. The van der Waals surface area contributed by atoms with Crippen molar-refractivity contribution in [2.24, 2.45) is 0 Å². The molecule has 2 aromatic heterocycles. The van der Waals surface area contributed by atoms with Crippen LogP contribution in [-0.4, -0.2) is 36.7 Å². The number of aromatic nitrogens is 2. The van der Waals surface area contributed by atoms with Gasteiger partial charge in [0.1, 0.15) is 17.1 Å². The number of carboxylic acid groups (broad SMARTS) is 1. The zero-order chi connectivity index (χ0) is 15.9. The number of benzene rings is 1. The minimum Gasteiger partial charge on any atom is -0.543 e. The number of aromatic carboxylic acids is 1. The second kappa shape index (κ2) is 5.10. The van der Waals surface area contributed by atoms with Crippen LogP contribution in [0, 0.1) is 0 Å². The van der Waals surface area contributed by atoms with E-state index in [0.29, 0.717) is 28.4 Å². The van der Waals surface area contributed by atoms with Crippen molar-refractivity contribution in [3.8, 4) is 17.2 Å². The third-order valence-corrected chi connectivity index (χ3v) is 3.45. The molecule has 0 N–H and O–H groups in total. The number of ether oxygens (including phenoxy) is 3. The minimum atomic E-state index is -1.34. The summed E-state index contributed by atoms with van der Waals surface area (Å²) in [6.45, 7) is 0. The largest absolute Gasteiger partial charge is 0.543 e. The number of rotatable bonds is 4. The van der Waals surface area contributed by atoms with Crippen molar-refractivity contribution < 1.29 is 24.1 Å². The molecule has 0 aliphatic carbocycles. The lowest BCUT2D eigenvalue weighted by atomic mass is 10.1. The van der Waals surface area contributed by atoms with E-state index in [9.17, 15) is 9.90 Å². The summed E-state index contributed by atoms with van der Waals surface area (Å²) in [7, 11) is 4.60. The van der Waals surface area contributed by atoms with Crippen LogP contribution >= 0.6 is 0 Å². The predicted octanol–water partition coefficient (Wildman–Crippen LogP) is 0.877. The lowest BCUT2D eigenvalue weighted by Gasteiger charge is -2.12. The molecule has 3 rings (SSSR count). The molecular weight excluding hydrogens is 288 g/mol. The molecule has 0 amide bonds. The van der Waals surface area contributed by atoms with Crippen LogP contribution in [0.2, 0.25) is 0 Å². The normalized spacial score (nSPS) is 10.9. The van der Waals surface area contributed by atoms with Crippen molar-refractivity contribution >= 4 is 22.5 Å². The van der Waals surface area contributed by atoms with Crippen LogP contribution in [0.5, 0.6) is 17.2 Å². The zero-order valence-electron chi connectivity index (χ0n) is 12.2. The highest BCUT2D eigenvalue weighted by molar-refractivity contribution is 5.93. The fraction of sp³-hybridized carbons (Fsp3) is 0.200. The van der Waals surface area contributed by atoms with Crippen molar-refractivity contribution in [1.82, 2.24) is 9.38 Å². The van der Waals surface area contributed by atoms with Gasteiger partial charge in [-0.3, -0.25) is 4.40 Å². The monoisotopic (exact) mass is 301 g/mol. The smallest absolute Gasteiger partial charge is 0.162 e. The van der Waals surface area contributed by atoms with Crippen LogP contribution < -0.4 is 19.3 Å². The Bertz CT molecular complexity index is 885. The number of carbonyl (C=O) groups is 1. The Morgan fingerprint density at radius 1 is 1.05 bits per heavy atom. The Kier molecular flexibility index (Phi) is 3.25. The Balaban J connectivity index is 2.45. The van der Waals surface area contributed by atoms with Crippen molar-refractivity contribution in [2.45, 2.75) is 0 Å². The number of carboxylic acids is 1. The number of carbonyl (C=O) groups excluding carboxylic acids is 1. The number of pyridine rings is 1. The van der Waals surface area contributed by atoms with Gasteiger partial charge in [-0.1, -0.05) is 0 Å². The van der Waals surface area contributed by atoms with E-state index in [1.807, 2.05) is 0 Å². The molecular formula is C15H13N2O5-. The summed E-state index contributed by atoms with van der Waals surface area (Å²) in [6, 6.07) is 5.16. The van der Waals surface area contributed by atoms with Crippen LogP contribution in [0.1, 0.15) is 10.5 Å². The molecule has 3 aromatic rings. The maximum Gasteiger partial charge on any atom is 0.162 e. The first-order chi connectivity index (χ1) is 10.6. The van der Waals surface area contributed by atoms with E-state index >= 15 is 0 Å². The molecule has 0 radical (unpaired) electrons. The van der Waals surface area contributed by atoms with Gasteiger partial charge in [-0.25, -0.2) is 4.98 Å². The molecule has 22 heavy (non-hydrogen) atoms. The second-order valence-corrected chi connectivity index (χ2v) is 4.58. The highest BCUT2D eigenvalue weighted by Gasteiger charge is 2.14. The number of hydrogen-bond donors (Lipinski definition) is 0. The topological polar surface area (TPSA) is 85.1 Å². The van der Waals surface area contributed by atoms with Gasteiger partial charge in [0.15, 0.2) is 11.5 Å². The summed E-state index contributed by atoms with van der Waals surface area (Å²) in [5.74, 6) is 0.288. The van der Waals surface area contributed by atoms with Crippen LogP contribution in [0.3, 0.4) is 0 Å². The van der Waals surface area contributed by atoms with E-state index in [1.165, 1.54) is 20.4 Å². The summed E-state index contributed by atoms with van der Waals surface area (Å²) in [5.41, 5.74) is 0.979. The highest BCUT2D eigenvalue weighted by Crippen LogP contribution is 2.37. The minimum absolute atomic E-state index is 0.149. The van der Waals surface area contributed by atoms with E-state index in [0.717, 1.165) is 5.39 Å². The zero-order valence-corrected chi connectivity index (χ0v) is 12.2. The van der Waals surface area contributed by atoms with Crippen LogP contribution in [0.15, 0.2) is 24.4 Å². The third-order valence-electron chi connectivity index (χ3n) is 3.45. The van der Waals surface area contributed by atoms with Gasteiger partial charge >= 0.3 is 0 Å². The second-order valence-electron chi connectivity index (χ2n) is 4.58. The average Bonchev–Trinajstić information content (AvgIpc) is 2.97. The summed E-state index contributed by atoms with van der Waals surface area (Å²) < 4.78 is 17.6. The maximum atomic E-state index is 11.0. The van der Waals surface area contributed by atoms with Gasteiger partial charge in [0.2, 0.25) is 0 Å². The molecule has 0 aliphatic rings. The quantitative estimate of drug-likeness (QED) is 0.711. The Hall–Kier alpha value is -2.96. The van der Waals surface area contributed by atoms with Crippen molar-refractivity contribution in [3.63, 3.8) is 0 Å². The summed E-state index contributed by atoms with van der Waals surface area (Å²) in [4.78, 5) is 15.0. The maximum absolute atomic E-state index is 11.0. The molecule has 0 fully saturated rings. The van der Waals surface area contributed by atoms with Crippen LogP contribution in [0.4, 0.5) is 0 Å². The number of methoxy groups -OCH3 is 3. The number of imidazole rings is 1. The van der Waals surface area contributed by atoms with Crippen molar-refractivity contribution in [1.29, 1.82) is 0 Å². The van der Waals surface area contributed by atoms with Crippen LogP contribution in [-0.2, 0) is 0 Å². The lowest BCUT2D eigenvalue weighted by Crippen LogP contribution is -2.22.